The molecule has 0 bridgehead atoms. The smallest absolute Gasteiger partial charge is 0.0718 e. The van der Waals surface area contributed by atoms with Crippen LogP contribution in [0.25, 0.3) is 10.9 Å². The topological polar surface area (TPSA) is 43.8 Å². The number of benzene rings is 1. The predicted molar refractivity (Wildman–Crippen MR) is 83.7 cm³/mol. The summed E-state index contributed by atoms with van der Waals surface area (Å²) in [6.45, 7) is 3.06. The molecule has 108 valence electrons. The summed E-state index contributed by atoms with van der Waals surface area (Å²) in [5, 5.41) is 6.03. The predicted octanol–water partition coefficient (Wildman–Crippen LogP) is 3.51. The van der Waals surface area contributed by atoms with Crippen LogP contribution in [0.1, 0.15) is 44.7 Å². The third-order valence-electron chi connectivity index (χ3n) is 4.60. The summed E-state index contributed by atoms with van der Waals surface area (Å²) >= 11 is 0. The first kappa shape index (κ1) is 13.6. The van der Waals surface area contributed by atoms with Gasteiger partial charge in [0.1, 0.15) is 0 Å². The Kier molecular flexibility index (Phi) is 4.06. The summed E-state index contributed by atoms with van der Waals surface area (Å²) < 4.78 is 2.09. The molecule has 1 fully saturated rings. The van der Waals surface area contributed by atoms with Crippen LogP contribution in [0.5, 0.6) is 0 Å². The fraction of sp³-hybridized carbons (Fsp3) is 0.588. The lowest BCUT2D eigenvalue weighted by atomic mass is 9.95. The van der Waals surface area contributed by atoms with Gasteiger partial charge in [-0.25, -0.2) is 0 Å². The molecule has 1 unspecified atom stereocenters. The Bertz CT molecular complexity index is 567. The maximum absolute atomic E-state index is 6.38. The molecule has 1 saturated carbocycles. The van der Waals surface area contributed by atoms with E-state index < -0.39 is 0 Å². The molecule has 1 aliphatic carbocycles. The van der Waals surface area contributed by atoms with Crippen LogP contribution in [0, 0.1) is 5.92 Å². The van der Waals surface area contributed by atoms with Crippen LogP contribution in [0.2, 0.25) is 0 Å². The molecule has 3 nitrogen and oxygen atoms in total. The molecule has 1 heterocycles. The van der Waals surface area contributed by atoms with Gasteiger partial charge in [0.15, 0.2) is 0 Å². The zero-order valence-electron chi connectivity index (χ0n) is 12.4. The fourth-order valence-corrected chi connectivity index (χ4v) is 3.59. The van der Waals surface area contributed by atoms with Crippen molar-refractivity contribution in [2.24, 2.45) is 11.7 Å². The molecule has 2 aromatic rings. The monoisotopic (exact) mass is 271 g/mol. The van der Waals surface area contributed by atoms with E-state index >= 15 is 0 Å². The first-order valence-electron chi connectivity index (χ1n) is 7.98. The molecule has 0 amide bonds. The van der Waals surface area contributed by atoms with E-state index in [1.807, 2.05) is 0 Å². The first-order valence-corrected chi connectivity index (χ1v) is 7.98. The molecular weight excluding hydrogens is 246 g/mol. The van der Waals surface area contributed by atoms with E-state index in [0.29, 0.717) is 0 Å². The highest BCUT2D eigenvalue weighted by Crippen LogP contribution is 2.29. The standard InChI is InChI=1S/C17H25N3/c1-2-20-17-10-6-5-9-15(17)16(19-20)12-14(18)11-13-7-3-4-8-13/h5-6,9-10,13-14H,2-4,7-8,11-12,18H2,1H3. The first-order chi connectivity index (χ1) is 9.78. The second-order valence-electron chi connectivity index (χ2n) is 6.13. The van der Waals surface area contributed by atoms with Crippen molar-refractivity contribution in [2.45, 2.75) is 58.0 Å². The average Bonchev–Trinajstić information content (AvgIpc) is 3.07. The van der Waals surface area contributed by atoms with Gasteiger partial charge in [-0.15, -0.1) is 0 Å². The highest BCUT2D eigenvalue weighted by Gasteiger charge is 2.20. The highest BCUT2D eigenvalue weighted by molar-refractivity contribution is 5.82. The van der Waals surface area contributed by atoms with Crippen LogP contribution < -0.4 is 5.73 Å². The molecule has 1 aliphatic rings. The Hall–Kier alpha value is -1.35. The van der Waals surface area contributed by atoms with Crippen molar-refractivity contribution in [2.75, 3.05) is 0 Å². The molecule has 0 aliphatic heterocycles. The number of aromatic nitrogens is 2. The summed E-state index contributed by atoms with van der Waals surface area (Å²) in [7, 11) is 0. The molecule has 0 saturated heterocycles. The van der Waals surface area contributed by atoms with Gasteiger partial charge >= 0.3 is 0 Å². The van der Waals surface area contributed by atoms with Crippen LogP contribution in [0.15, 0.2) is 24.3 Å². The zero-order chi connectivity index (χ0) is 13.9. The minimum Gasteiger partial charge on any atom is -0.327 e. The van der Waals surface area contributed by atoms with Crippen molar-refractivity contribution in [3.05, 3.63) is 30.0 Å². The van der Waals surface area contributed by atoms with Gasteiger partial charge in [0.2, 0.25) is 0 Å². The molecule has 1 aromatic carbocycles. The van der Waals surface area contributed by atoms with Crippen molar-refractivity contribution in [1.82, 2.24) is 9.78 Å². The van der Waals surface area contributed by atoms with Gasteiger partial charge in [-0.2, -0.15) is 5.10 Å². The third-order valence-corrected chi connectivity index (χ3v) is 4.60. The minimum atomic E-state index is 0.252. The Morgan fingerprint density at radius 3 is 2.80 bits per heavy atom. The number of fused-ring (bicyclic) bond motifs is 1. The summed E-state index contributed by atoms with van der Waals surface area (Å²) in [6, 6.07) is 8.75. The maximum Gasteiger partial charge on any atom is 0.0718 e. The molecule has 1 aromatic heterocycles. The van der Waals surface area contributed by atoms with Crippen molar-refractivity contribution in [3.63, 3.8) is 0 Å². The average molecular weight is 271 g/mol. The van der Waals surface area contributed by atoms with Gasteiger partial charge < -0.3 is 5.73 Å². The van der Waals surface area contributed by atoms with Crippen molar-refractivity contribution >= 4 is 10.9 Å². The van der Waals surface area contributed by atoms with Crippen LogP contribution in [-0.2, 0) is 13.0 Å². The van der Waals surface area contributed by atoms with Gasteiger partial charge in [-0.1, -0.05) is 43.9 Å². The van der Waals surface area contributed by atoms with E-state index in [0.717, 1.165) is 25.3 Å². The van der Waals surface area contributed by atoms with Crippen LogP contribution in [-0.4, -0.2) is 15.8 Å². The quantitative estimate of drug-likeness (QED) is 0.904. The van der Waals surface area contributed by atoms with Gasteiger partial charge in [0.05, 0.1) is 11.2 Å². The van der Waals surface area contributed by atoms with Crippen LogP contribution >= 0.6 is 0 Å². The summed E-state index contributed by atoms with van der Waals surface area (Å²) in [4.78, 5) is 0. The lowest BCUT2D eigenvalue weighted by molar-refractivity contribution is 0.438. The largest absolute Gasteiger partial charge is 0.327 e. The second-order valence-corrected chi connectivity index (χ2v) is 6.13. The number of hydrogen-bond donors (Lipinski definition) is 1. The molecule has 3 heteroatoms. The van der Waals surface area contributed by atoms with Crippen LogP contribution in [0.4, 0.5) is 0 Å². The highest BCUT2D eigenvalue weighted by atomic mass is 15.3. The van der Waals surface area contributed by atoms with Crippen LogP contribution in [0.3, 0.4) is 0 Å². The number of aryl methyl sites for hydroxylation is 1. The second kappa shape index (κ2) is 5.96. The normalized spacial score (nSPS) is 17.9. The molecule has 0 spiro atoms. The summed E-state index contributed by atoms with van der Waals surface area (Å²) in [5.74, 6) is 0.851. The molecule has 2 N–H and O–H groups in total. The van der Waals surface area contributed by atoms with E-state index in [2.05, 4.69) is 35.9 Å². The number of para-hydroxylation sites is 1. The molecular formula is C17H25N3. The summed E-state index contributed by atoms with van der Waals surface area (Å²) in [6.07, 6.45) is 7.60. The lowest BCUT2D eigenvalue weighted by Gasteiger charge is -2.15. The van der Waals surface area contributed by atoms with Gasteiger partial charge in [-0.05, 0) is 25.3 Å². The van der Waals surface area contributed by atoms with Gasteiger partial charge in [0.25, 0.3) is 0 Å². The van der Waals surface area contributed by atoms with E-state index in [-0.39, 0.29) is 6.04 Å². The number of hydrogen-bond acceptors (Lipinski definition) is 2. The Balaban J connectivity index is 1.76. The zero-order valence-corrected chi connectivity index (χ0v) is 12.4. The lowest BCUT2D eigenvalue weighted by Crippen LogP contribution is -2.25. The Morgan fingerprint density at radius 1 is 1.30 bits per heavy atom. The van der Waals surface area contributed by atoms with E-state index in [1.54, 1.807) is 0 Å². The van der Waals surface area contributed by atoms with Crippen molar-refractivity contribution < 1.29 is 0 Å². The molecule has 20 heavy (non-hydrogen) atoms. The third kappa shape index (κ3) is 2.73. The number of nitrogens with zero attached hydrogens (tertiary/aromatic N) is 2. The molecule has 1 atom stereocenters. The maximum atomic E-state index is 6.38. The van der Waals surface area contributed by atoms with Gasteiger partial charge in [-0.3, -0.25) is 4.68 Å². The summed E-state index contributed by atoms with van der Waals surface area (Å²) in [5.41, 5.74) is 8.79. The minimum absolute atomic E-state index is 0.252. The van der Waals surface area contributed by atoms with Gasteiger partial charge in [0, 0.05) is 24.4 Å². The van der Waals surface area contributed by atoms with Crippen molar-refractivity contribution in [3.8, 4) is 0 Å². The molecule has 3 rings (SSSR count). The van der Waals surface area contributed by atoms with Crippen molar-refractivity contribution in [1.29, 1.82) is 0 Å². The molecule has 0 radical (unpaired) electrons. The number of rotatable bonds is 5. The van der Waals surface area contributed by atoms with E-state index in [1.165, 1.54) is 42.3 Å². The number of nitrogens with two attached hydrogens (primary N) is 1. The van der Waals surface area contributed by atoms with E-state index in [4.69, 9.17) is 10.8 Å². The Labute approximate surface area is 121 Å². The SMILES string of the molecule is CCn1nc(CC(N)CC2CCCC2)c2ccccc21. The van der Waals surface area contributed by atoms with E-state index in [9.17, 15) is 0 Å². The fourth-order valence-electron chi connectivity index (χ4n) is 3.59. The Morgan fingerprint density at radius 2 is 2.05 bits per heavy atom.